The number of carbonyl (C=O) groups excluding carboxylic acids is 2. The fraction of sp³-hybridized carbons (Fsp3) is 0.304. The van der Waals surface area contributed by atoms with Crippen LogP contribution in [0.1, 0.15) is 39.4 Å². The average Bonchev–Trinajstić information content (AvgIpc) is 3.17. The fourth-order valence-corrected chi connectivity index (χ4v) is 3.58. The maximum atomic E-state index is 14.2. The zero-order valence-corrected chi connectivity index (χ0v) is 17.7. The van der Waals surface area contributed by atoms with E-state index in [1.807, 2.05) is 0 Å². The second-order valence-electron chi connectivity index (χ2n) is 6.90. The van der Waals surface area contributed by atoms with E-state index in [9.17, 15) is 18.4 Å². The smallest absolute Gasteiger partial charge is 0.336 e. The summed E-state index contributed by atoms with van der Waals surface area (Å²) in [5.41, 5.74) is 1.44. The molecule has 0 saturated carbocycles. The van der Waals surface area contributed by atoms with E-state index < -0.39 is 29.5 Å². The van der Waals surface area contributed by atoms with Crippen molar-refractivity contribution in [3.63, 3.8) is 0 Å². The van der Waals surface area contributed by atoms with E-state index in [0.717, 1.165) is 12.1 Å². The molecule has 0 atom stereocenters. The number of furan rings is 1. The molecule has 0 aliphatic carbocycles. The summed E-state index contributed by atoms with van der Waals surface area (Å²) in [5.74, 6) is -3.29. The highest BCUT2D eigenvalue weighted by Gasteiger charge is 2.39. The van der Waals surface area contributed by atoms with Gasteiger partial charge in [-0.15, -0.1) is 0 Å². The molecule has 0 unspecified atom stereocenters. The van der Waals surface area contributed by atoms with Gasteiger partial charge in [-0.25, -0.2) is 18.4 Å². The molecule has 1 aromatic heterocycles. The van der Waals surface area contributed by atoms with Crippen molar-refractivity contribution >= 4 is 11.9 Å². The van der Waals surface area contributed by atoms with Gasteiger partial charge >= 0.3 is 11.9 Å². The molecule has 1 aliphatic heterocycles. The molecule has 0 fully saturated rings. The van der Waals surface area contributed by atoms with Crippen LogP contribution in [0.15, 0.2) is 57.3 Å². The van der Waals surface area contributed by atoms with Crippen LogP contribution in [0.4, 0.5) is 8.78 Å². The van der Waals surface area contributed by atoms with E-state index in [2.05, 4.69) is 5.32 Å². The Balaban J connectivity index is 2.14. The zero-order chi connectivity index (χ0) is 22.7. The third-order valence-electron chi connectivity index (χ3n) is 4.86. The molecule has 164 valence electrons. The summed E-state index contributed by atoms with van der Waals surface area (Å²) in [7, 11) is 0. The van der Waals surface area contributed by atoms with Crippen LogP contribution >= 0.6 is 0 Å². The van der Waals surface area contributed by atoms with Crippen molar-refractivity contribution in [3.05, 3.63) is 70.3 Å². The van der Waals surface area contributed by atoms with Gasteiger partial charge in [0.2, 0.25) is 0 Å². The number of esters is 2. The van der Waals surface area contributed by atoms with Crippen molar-refractivity contribution in [2.24, 2.45) is 0 Å². The van der Waals surface area contributed by atoms with Crippen molar-refractivity contribution in [1.82, 2.24) is 5.32 Å². The number of carbonyl (C=O) groups is 2. The second kappa shape index (κ2) is 9.16. The number of halogens is 2. The Morgan fingerprint density at radius 2 is 1.55 bits per heavy atom. The monoisotopic (exact) mass is 431 g/mol. The van der Waals surface area contributed by atoms with E-state index in [1.54, 1.807) is 33.8 Å². The molecule has 0 radical (unpaired) electrons. The van der Waals surface area contributed by atoms with Crippen LogP contribution in [0, 0.1) is 11.6 Å². The van der Waals surface area contributed by atoms with Crippen molar-refractivity contribution in [2.45, 2.75) is 33.6 Å². The number of dihydropyridines is 1. The highest BCUT2D eigenvalue weighted by atomic mass is 19.1. The van der Waals surface area contributed by atoms with E-state index in [-0.39, 0.29) is 41.4 Å². The predicted molar refractivity (Wildman–Crippen MR) is 109 cm³/mol. The first-order chi connectivity index (χ1) is 14.8. The molecule has 1 aliphatic rings. The van der Waals surface area contributed by atoms with Crippen molar-refractivity contribution in [3.8, 4) is 11.3 Å². The molecule has 2 aromatic rings. The topological polar surface area (TPSA) is 77.8 Å². The Labute approximate surface area is 178 Å². The lowest BCUT2D eigenvalue weighted by Gasteiger charge is -2.28. The first-order valence-corrected chi connectivity index (χ1v) is 9.86. The molecule has 3 rings (SSSR count). The summed E-state index contributed by atoms with van der Waals surface area (Å²) in [6, 6.07) is 6.19. The number of benzene rings is 1. The van der Waals surface area contributed by atoms with E-state index >= 15 is 0 Å². The molecule has 1 aromatic carbocycles. The van der Waals surface area contributed by atoms with Gasteiger partial charge in [-0.2, -0.15) is 0 Å². The van der Waals surface area contributed by atoms with Gasteiger partial charge < -0.3 is 19.2 Å². The van der Waals surface area contributed by atoms with Crippen LogP contribution in [-0.2, 0) is 19.1 Å². The van der Waals surface area contributed by atoms with Gasteiger partial charge in [-0.1, -0.05) is 0 Å². The maximum Gasteiger partial charge on any atom is 0.336 e. The molecule has 0 amide bonds. The van der Waals surface area contributed by atoms with Gasteiger partial charge in [-0.3, -0.25) is 0 Å². The zero-order valence-electron chi connectivity index (χ0n) is 17.7. The standard InChI is InChI=1S/C23H23F2NO5/c1-5-29-22(27)19-12(3)26-13(4)20(23(28)30-6-2)21(19)18-10-9-17(31-18)15-8-7-14(24)11-16(15)25/h7-11,21,26H,5-6H2,1-4H3. The van der Waals surface area contributed by atoms with Gasteiger partial charge in [-0.05, 0) is 52.0 Å². The van der Waals surface area contributed by atoms with E-state index in [4.69, 9.17) is 13.9 Å². The lowest BCUT2D eigenvalue weighted by Crippen LogP contribution is -2.32. The Morgan fingerprint density at radius 1 is 0.968 bits per heavy atom. The Kier molecular flexibility index (Phi) is 6.58. The number of allylic oxidation sites excluding steroid dienone is 2. The van der Waals surface area contributed by atoms with Gasteiger partial charge in [0.05, 0.1) is 35.8 Å². The van der Waals surface area contributed by atoms with E-state index in [0.29, 0.717) is 11.4 Å². The lowest BCUT2D eigenvalue weighted by atomic mass is 9.83. The summed E-state index contributed by atoms with van der Waals surface area (Å²) < 4.78 is 43.8. The van der Waals surface area contributed by atoms with Gasteiger partial charge in [0, 0.05) is 17.5 Å². The van der Waals surface area contributed by atoms with Crippen LogP contribution in [0.5, 0.6) is 0 Å². The maximum absolute atomic E-state index is 14.2. The van der Waals surface area contributed by atoms with Crippen molar-refractivity contribution in [1.29, 1.82) is 0 Å². The minimum absolute atomic E-state index is 0.0540. The third kappa shape index (κ3) is 4.38. The number of rotatable bonds is 6. The molecule has 6 nitrogen and oxygen atoms in total. The highest BCUT2D eigenvalue weighted by molar-refractivity contribution is 5.99. The summed E-state index contributed by atoms with van der Waals surface area (Å²) in [4.78, 5) is 25.5. The largest absolute Gasteiger partial charge is 0.463 e. The van der Waals surface area contributed by atoms with Crippen molar-refractivity contribution in [2.75, 3.05) is 13.2 Å². The molecule has 2 heterocycles. The Bertz CT molecular complexity index is 1040. The lowest BCUT2D eigenvalue weighted by molar-refractivity contribution is -0.139. The average molecular weight is 431 g/mol. The molecule has 1 N–H and O–H groups in total. The van der Waals surface area contributed by atoms with E-state index in [1.165, 1.54) is 12.1 Å². The molecule has 0 spiro atoms. The summed E-state index contributed by atoms with van der Waals surface area (Å²) in [6.07, 6.45) is 0. The second-order valence-corrected chi connectivity index (χ2v) is 6.90. The van der Waals surface area contributed by atoms with Crippen LogP contribution in [0.2, 0.25) is 0 Å². The van der Waals surface area contributed by atoms with Gasteiger partial charge in [0.1, 0.15) is 23.2 Å². The van der Waals surface area contributed by atoms with Crippen molar-refractivity contribution < 1.29 is 32.3 Å². The third-order valence-corrected chi connectivity index (χ3v) is 4.86. The van der Waals surface area contributed by atoms with Crippen LogP contribution in [0.25, 0.3) is 11.3 Å². The fourth-order valence-electron chi connectivity index (χ4n) is 3.58. The quantitative estimate of drug-likeness (QED) is 0.675. The number of hydrogen-bond donors (Lipinski definition) is 1. The van der Waals surface area contributed by atoms with Crippen LogP contribution in [0.3, 0.4) is 0 Å². The first-order valence-electron chi connectivity index (χ1n) is 9.86. The van der Waals surface area contributed by atoms with Gasteiger partial charge in [0.25, 0.3) is 0 Å². The Morgan fingerprint density at radius 3 is 2.06 bits per heavy atom. The van der Waals surface area contributed by atoms with Gasteiger partial charge in [0.15, 0.2) is 0 Å². The molecule has 0 saturated heterocycles. The first kappa shape index (κ1) is 22.3. The molecule has 0 bridgehead atoms. The van der Waals surface area contributed by atoms with Crippen LogP contribution in [-0.4, -0.2) is 25.2 Å². The number of hydrogen-bond acceptors (Lipinski definition) is 6. The summed E-state index contributed by atoms with van der Waals surface area (Å²) in [5, 5.41) is 3.03. The number of ether oxygens (including phenoxy) is 2. The molecular weight excluding hydrogens is 408 g/mol. The highest BCUT2D eigenvalue weighted by Crippen LogP contribution is 2.41. The molecule has 8 heteroatoms. The Hall–Kier alpha value is -3.42. The summed E-state index contributed by atoms with van der Waals surface area (Å²) >= 11 is 0. The minimum atomic E-state index is -0.920. The summed E-state index contributed by atoms with van der Waals surface area (Å²) in [6.45, 7) is 7.01. The number of nitrogens with one attached hydrogen (secondary N) is 1. The minimum Gasteiger partial charge on any atom is -0.463 e. The SMILES string of the molecule is CCOC(=O)C1=C(C)NC(C)=C(C(=O)OCC)C1c1ccc(-c2ccc(F)cc2F)o1. The predicted octanol–water partition coefficient (Wildman–Crippen LogP) is 4.59. The normalized spacial score (nSPS) is 14.5. The molecule has 31 heavy (non-hydrogen) atoms. The molecular formula is C23H23F2NO5. The van der Waals surface area contributed by atoms with Crippen LogP contribution < -0.4 is 5.32 Å².